The summed E-state index contributed by atoms with van der Waals surface area (Å²) in [7, 11) is 1.63. The van der Waals surface area contributed by atoms with Crippen molar-refractivity contribution in [3.8, 4) is 5.75 Å². The van der Waals surface area contributed by atoms with Gasteiger partial charge in [0.05, 0.1) is 12.8 Å². The largest absolute Gasteiger partial charge is 0.497 e. The summed E-state index contributed by atoms with van der Waals surface area (Å²) in [5.41, 5.74) is 4.60. The summed E-state index contributed by atoms with van der Waals surface area (Å²) >= 11 is 5.65. The van der Waals surface area contributed by atoms with Gasteiger partial charge in [0.1, 0.15) is 5.75 Å². The van der Waals surface area contributed by atoms with Crippen molar-refractivity contribution in [2.75, 3.05) is 12.5 Å². The fourth-order valence-corrected chi connectivity index (χ4v) is 1.53. The summed E-state index contributed by atoms with van der Waals surface area (Å²) in [5, 5.41) is 12.2. The molecule has 6 heteroatoms. The van der Waals surface area contributed by atoms with Gasteiger partial charge in [0.25, 0.3) is 0 Å². The average molecular weight is 277 g/mol. The number of anilines is 1. The Kier molecular flexibility index (Phi) is 4.30. The van der Waals surface area contributed by atoms with Crippen molar-refractivity contribution in [3.63, 3.8) is 0 Å². The first kappa shape index (κ1) is 13.3. The molecule has 0 aliphatic carbocycles. The minimum Gasteiger partial charge on any atom is -0.497 e. The SMILES string of the molecule is COc1cccc(C(C)=NNc2ccc(Cl)nn2)c1. The van der Waals surface area contributed by atoms with E-state index in [1.165, 1.54) is 0 Å². The highest BCUT2D eigenvalue weighted by atomic mass is 35.5. The highest BCUT2D eigenvalue weighted by Crippen LogP contribution is 2.13. The van der Waals surface area contributed by atoms with Crippen molar-refractivity contribution in [2.24, 2.45) is 5.10 Å². The first-order chi connectivity index (χ1) is 9.19. The highest BCUT2D eigenvalue weighted by Gasteiger charge is 2.00. The van der Waals surface area contributed by atoms with Crippen LogP contribution in [0, 0.1) is 0 Å². The van der Waals surface area contributed by atoms with Crippen molar-refractivity contribution >= 4 is 23.1 Å². The molecule has 0 saturated carbocycles. The van der Waals surface area contributed by atoms with E-state index in [4.69, 9.17) is 16.3 Å². The Morgan fingerprint density at radius 1 is 1.26 bits per heavy atom. The summed E-state index contributed by atoms with van der Waals surface area (Å²) in [5.74, 6) is 1.32. The molecule has 0 unspecified atom stereocenters. The van der Waals surface area contributed by atoms with Crippen LogP contribution in [0.2, 0.25) is 5.15 Å². The monoisotopic (exact) mass is 276 g/mol. The molecule has 1 aromatic carbocycles. The smallest absolute Gasteiger partial charge is 0.168 e. The van der Waals surface area contributed by atoms with Gasteiger partial charge >= 0.3 is 0 Å². The number of rotatable bonds is 4. The van der Waals surface area contributed by atoms with Crippen LogP contribution < -0.4 is 10.2 Å². The number of aromatic nitrogens is 2. The fraction of sp³-hybridized carbons (Fsp3) is 0.154. The van der Waals surface area contributed by atoms with Crippen LogP contribution in [0.15, 0.2) is 41.5 Å². The highest BCUT2D eigenvalue weighted by molar-refractivity contribution is 6.29. The summed E-state index contributed by atoms with van der Waals surface area (Å²) in [6.45, 7) is 1.89. The van der Waals surface area contributed by atoms with Crippen molar-refractivity contribution in [2.45, 2.75) is 6.92 Å². The van der Waals surface area contributed by atoms with Crippen LogP contribution in [-0.2, 0) is 0 Å². The molecular formula is C13H13ClN4O. The van der Waals surface area contributed by atoms with Crippen molar-refractivity contribution < 1.29 is 4.74 Å². The number of ether oxygens (including phenoxy) is 1. The third-order valence-electron chi connectivity index (χ3n) is 2.46. The van der Waals surface area contributed by atoms with Crippen LogP contribution in [-0.4, -0.2) is 23.0 Å². The normalized spacial score (nSPS) is 11.2. The molecule has 0 radical (unpaired) electrons. The lowest BCUT2D eigenvalue weighted by atomic mass is 10.1. The number of nitrogens with one attached hydrogen (secondary N) is 1. The van der Waals surface area contributed by atoms with Crippen LogP contribution in [0.25, 0.3) is 0 Å². The first-order valence-electron chi connectivity index (χ1n) is 5.63. The van der Waals surface area contributed by atoms with Crippen molar-refractivity contribution in [1.82, 2.24) is 10.2 Å². The second kappa shape index (κ2) is 6.15. The van der Waals surface area contributed by atoms with Gasteiger partial charge in [-0.3, -0.25) is 5.43 Å². The number of nitrogens with zero attached hydrogens (tertiary/aromatic N) is 3. The van der Waals surface area contributed by atoms with Crippen LogP contribution >= 0.6 is 11.6 Å². The zero-order chi connectivity index (χ0) is 13.7. The molecule has 0 spiro atoms. The third-order valence-corrected chi connectivity index (χ3v) is 2.66. The Labute approximate surface area is 116 Å². The van der Waals surface area contributed by atoms with Gasteiger partial charge in [0.15, 0.2) is 11.0 Å². The second-order valence-corrected chi connectivity index (χ2v) is 4.17. The number of hydrazone groups is 1. The minimum atomic E-state index is 0.346. The molecule has 0 aliphatic rings. The minimum absolute atomic E-state index is 0.346. The van der Waals surface area contributed by atoms with Crippen LogP contribution in [0.5, 0.6) is 5.75 Å². The lowest BCUT2D eigenvalue weighted by Gasteiger charge is -2.04. The Balaban J connectivity index is 2.11. The van der Waals surface area contributed by atoms with E-state index in [1.807, 2.05) is 31.2 Å². The molecule has 0 amide bonds. The van der Waals surface area contributed by atoms with Gasteiger partial charge in [-0.2, -0.15) is 5.10 Å². The average Bonchev–Trinajstić information content (AvgIpc) is 2.46. The van der Waals surface area contributed by atoms with Gasteiger partial charge in [0, 0.05) is 5.56 Å². The van der Waals surface area contributed by atoms with Gasteiger partial charge in [-0.25, -0.2) is 0 Å². The quantitative estimate of drug-likeness (QED) is 0.689. The van der Waals surface area contributed by atoms with Crippen molar-refractivity contribution in [1.29, 1.82) is 0 Å². The van der Waals surface area contributed by atoms with E-state index in [0.29, 0.717) is 11.0 Å². The van der Waals surface area contributed by atoms with Crippen LogP contribution in [0.3, 0.4) is 0 Å². The lowest BCUT2D eigenvalue weighted by molar-refractivity contribution is 0.414. The molecule has 1 heterocycles. The molecule has 0 aliphatic heterocycles. The topological polar surface area (TPSA) is 59.4 Å². The second-order valence-electron chi connectivity index (χ2n) is 3.78. The predicted molar refractivity (Wildman–Crippen MR) is 75.9 cm³/mol. The molecule has 0 bridgehead atoms. The maximum atomic E-state index is 5.65. The molecule has 1 aromatic heterocycles. The Bertz CT molecular complexity index is 583. The number of benzene rings is 1. The summed E-state index contributed by atoms with van der Waals surface area (Å²) in [4.78, 5) is 0. The van der Waals surface area contributed by atoms with E-state index in [1.54, 1.807) is 19.2 Å². The van der Waals surface area contributed by atoms with Gasteiger partial charge in [-0.1, -0.05) is 23.7 Å². The van der Waals surface area contributed by atoms with E-state index in [2.05, 4.69) is 20.7 Å². The maximum absolute atomic E-state index is 5.65. The molecule has 5 nitrogen and oxygen atoms in total. The Morgan fingerprint density at radius 3 is 2.79 bits per heavy atom. The molecule has 2 rings (SSSR count). The molecular weight excluding hydrogens is 264 g/mol. The third kappa shape index (κ3) is 3.66. The number of halogens is 1. The molecule has 1 N–H and O–H groups in total. The summed E-state index contributed by atoms with van der Waals surface area (Å²) in [6, 6.07) is 11.0. The number of methoxy groups -OCH3 is 1. The van der Waals surface area contributed by atoms with Gasteiger partial charge in [-0.05, 0) is 31.2 Å². The van der Waals surface area contributed by atoms with Crippen LogP contribution in [0.4, 0.5) is 5.82 Å². The lowest BCUT2D eigenvalue weighted by Crippen LogP contribution is -2.01. The Morgan fingerprint density at radius 2 is 2.11 bits per heavy atom. The molecule has 98 valence electrons. The van der Waals surface area contributed by atoms with Gasteiger partial charge < -0.3 is 4.74 Å². The zero-order valence-electron chi connectivity index (χ0n) is 10.6. The zero-order valence-corrected chi connectivity index (χ0v) is 11.3. The summed E-state index contributed by atoms with van der Waals surface area (Å²) < 4.78 is 5.17. The molecule has 0 saturated heterocycles. The molecule has 2 aromatic rings. The fourth-order valence-electron chi connectivity index (χ4n) is 1.43. The van der Waals surface area contributed by atoms with Crippen molar-refractivity contribution in [3.05, 3.63) is 47.1 Å². The standard InChI is InChI=1S/C13H13ClN4O/c1-9(10-4-3-5-11(8-10)19-2)15-17-13-7-6-12(14)16-18-13/h3-8H,1-2H3,(H,17,18). The first-order valence-corrected chi connectivity index (χ1v) is 6.01. The Hall–Kier alpha value is -2.14. The van der Waals surface area contributed by atoms with E-state index in [9.17, 15) is 0 Å². The number of hydrogen-bond acceptors (Lipinski definition) is 5. The molecule has 19 heavy (non-hydrogen) atoms. The van der Waals surface area contributed by atoms with Crippen LogP contribution in [0.1, 0.15) is 12.5 Å². The van der Waals surface area contributed by atoms with E-state index >= 15 is 0 Å². The summed E-state index contributed by atoms with van der Waals surface area (Å²) in [6.07, 6.45) is 0. The number of hydrogen-bond donors (Lipinski definition) is 1. The van der Waals surface area contributed by atoms with Gasteiger partial charge in [0.2, 0.25) is 0 Å². The maximum Gasteiger partial charge on any atom is 0.168 e. The van der Waals surface area contributed by atoms with E-state index in [-0.39, 0.29) is 0 Å². The van der Waals surface area contributed by atoms with E-state index in [0.717, 1.165) is 17.0 Å². The predicted octanol–water partition coefficient (Wildman–Crippen LogP) is 2.97. The molecule has 0 fully saturated rings. The molecule has 0 atom stereocenters. The van der Waals surface area contributed by atoms with E-state index < -0.39 is 0 Å². The van der Waals surface area contributed by atoms with Gasteiger partial charge in [-0.15, -0.1) is 10.2 Å².